The predicted molar refractivity (Wildman–Crippen MR) is 105 cm³/mol. The van der Waals surface area contributed by atoms with Gasteiger partial charge < -0.3 is 9.47 Å². The third-order valence-electron chi connectivity index (χ3n) is 4.30. The zero-order valence-corrected chi connectivity index (χ0v) is 18.3. The summed E-state index contributed by atoms with van der Waals surface area (Å²) < 4.78 is 9.85. The fourth-order valence-corrected chi connectivity index (χ4v) is 2.50. The van der Waals surface area contributed by atoms with Crippen LogP contribution in [0.4, 0.5) is 0 Å². The minimum Gasteiger partial charge on any atom is -0.432 e. The van der Waals surface area contributed by atoms with Crippen LogP contribution in [0.15, 0.2) is 0 Å². The van der Waals surface area contributed by atoms with Crippen molar-refractivity contribution in [2.24, 2.45) is 5.84 Å². The first-order valence-electron chi connectivity index (χ1n) is 9.01. The van der Waals surface area contributed by atoms with Gasteiger partial charge in [0.05, 0.1) is 12.8 Å². The van der Waals surface area contributed by atoms with E-state index in [-0.39, 0.29) is 38.1 Å². The van der Waals surface area contributed by atoms with E-state index >= 15 is 0 Å². The Morgan fingerprint density at radius 2 is 1.48 bits per heavy atom. The van der Waals surface area contributed by atoms with Crippen molar-refractivity contribution in [1.82, 2.24) is 26.5 Å². The number of hydrazine groups is 2. The number of likely N-dealkylation sites (N-methyl/N-ethyl adjacent to an activating group) is 1. The van der Waals surface area contributed by atoms with Crippen molar-refractivity contribution in [2.45, 2.75) is 51.0 Å². The molecule has 176 valence electrons. The van der Waals surface area contributed by atoms with E-state index in [9.17, 15) is 28.8 Å². The molecular formula is C16H27ClN6O8. The Bertz CT molecular complexity index is 750. The standard InChI is InChI=1S/C9H15N3O4.C7H11N3O4.ClH/c1-4-7(14)16-9(12(3)10-2)5-6(13)11-8(9)15;1-2-5(12)14-7(10-8)3-4(11)9-6(7)13;/h10H,4-5H2,1-3H3,(H,11,13,15);10H,2-3,8H2,1H3,(H,9,11,13);1H. The van der Waals surface area contributed by atoms with Crippen LogP contribution in [0.5, 0.6) is 0 Å². The van der Waals surface area contributed by atoms with E-state index in [0.29, 0.717) is 0 Å². The van der Waals surface area contributed by atoms with Gasteiger partial charge in [0.15, 0.2) is 0 Å². The number of amides is 4. The van der Waals surface area contributed by atoms with Crippen LogP contribution in [0.1, 0.15) is 39.5 Å². The maximum absolute atomic E-state index is 11.7. The first-order valence-corrected chi connectivity index (χ1v) is 9.01. The zero-order valence-electron chi connectivity index (χ0n) is 17.5. The predicted octanol–water partition coefficient (Wildman–Crippen LogP) is -2.68. The molecular weight excluding hydrogens is 440 g/mol. The van der Waals surface area contributed by atoms with Gasteiger partial charge in [0.2, 0.25) is 11.8 Å². The summed E-state index contributed by atoms with van der Waals surface area (Å²) in [6.07, 6.45) is -0.255. The number of hydrogen-bond donors (Lipinski definition) is 5. The zero-order chi connectivity index (χ0) is 23.1. The van der Waals surface area contributed by atoms with Gasteiger partial charge in [0, 0.05) is 19.9 Å². The molecule has 2 fully saturated rings. The van der Waals surface area contributed by atoms with Gasteiger partial charge in [0.25, 0.3) is 23.3 Å². The number of hydrogen-bond acceptors (Lipinski definition) is 12. The van der Waals surface area contributed by atoms with E-state index in [4.69, 9.17) is 15.3 Å². The average molecular weight is 467 g/mol. The normalized spacial score (nSPS) is 24.6. The van der Waals surface area contributed by atoms with Crippen molar-refractivity contribution in [3.05, 3.63) is 0 Å². The molecule has 2 saturated heterocycles. The van der Waals surface area contributed by atoms with Gasteiger partial charge in [-0.3, -0.25) is 50.7 Å². The van der Waals surface area contributed by atoms with Crippen LogP contribution in [0.25, 0.3) is 0 Å². The Balaban J connectivity index is 0.000000567. The molecule has 0 aliphatic carbocycles. The molecule has 0 aromatic carbocycles. The van der Waals surface area contributed by atoms with Gasteiger partial charge in [0.1, 0.15) is 0 Å². The van der Waals surface area contributed by atoms with Crippen LogP contribution in [0, 0.1) is 0 Å². The van der Waals surface area contributed by atoms with Crippen molar-refractivity contribution >= 4 is 48.0 Å². The Labute approximate surface area is 184 Å². The summed E-state index contributed by atoms with van der Waals surface area (Å²) in [6.45, 7) is 3.19. The molecule has 0 radical (unpaired) electrons. The maximum Gasteiger partial charge on any atom is 0.307 e. The lowest BCUT2D eigenvalue weighted by atomic mass is 10.1. The van der Waals surface area contributed by atoms with Crippen molar-refractivity contribution in [2.75, 3.05) is 14.1 Å². The Hall–Kier alpha value is -2.65. The number of nitrogens with two attached hydrogens (primary N) is 1. The third-order valence-corrected chi connectivity index (χ3v) is 4.30. The summed E-state index contributed by atoms with van der Waals surface area (Å²) in [7, 11) is 3.10. The molecule has 0 spiro atoms. The lowest BCUT2D eigenvalue weighted by molar-refractivity contribution is -0.191. The highest BCUT2D eigenvalue weighted by Crippen LogP contribution is 2.24. The first-order chi connectivity index (χ1) is 14.0. The van der Waals surface area contributed by atoms with Crippen LogP contribution in [0.2, 0.25) is 0 Å². The number of rotatable bonds is 7. The number of nitrogens with zero attached hydrogens (tertiary/aromatic N) is 1. The Kier molecular flexibility index (Phi) is 10.7. The second-order valence-corrected chi connectivity index (χ2v) is 6.30. The number of carbonyl (C=O) groups excluding carboxylic acids is 6. The van der Waals surface area contributed by atoms with Gasteiger partial charge in [-0.2, -0.15) is 5.01 Å². The Morgan fingerprint density at radius 1 is 1.00 bits per heavy atom. The summed E-state index contributed by atoms with van der Waals surface area (Å²) in [5.74, 6) is 1.58. The monoisotopic (exact) mass is 466 g/mol. The van der Waals surface area contributed by atoms with E-state index in [1.54, 1.807) is 20.9 Å². The second-order valence-electron chi connectivity index (χ2n) is 6.30. The van der Waals surface area contributed by atoms with E-state index in [2.05, 4.69) is 10.7 Å². The Morgan fingerprint density at radius 3 is 1.84 bits per heavy atom. The third kappa shape index (κ3) is 6.41. The summed E-state index contributed by atoms with van der Waals surface area (Å²) in [5.41, 5.74) is 1.42. The van der Waals surface area contributed by atoms with E-state index in [1.165, 1.54) is 12.1 Å². The molecule has 0 aromatic rings. The summed E-state index contributed by atoms with van der Waals surface area (Å²) in [6, 6.07) is 0. The molecule has 2 aliphatic heterocycles. The van der Waals surface area contributed by atoms with Crippen molar-refractivity contribution in [3.63, 3.8) is 0 Å². The first kappa shape index (κ1) is 28.4. The molecule has 2 aliphatic rings. The SMILES string of the molecule is CCC(=O)OC1(N(C)NC)CC(=O)NC1=O.CCC(=O)OC1(NN)CC(=O)NC1=O.Cl. The largest absolute Gasteiger partial charge is 0.432 e. The highest BCUT2D eigenvalue weighted by atomic mass is 35.5. The molecule has 2 unspecified atom stereocenters. The van der Waals surface area contributed by atoms with Crippen LogP contribution in [-0.2, 0) is 38.2 Å². The quantitative estimate of drug-likeness (QED) is 0.0857. The van der Waals surface area contributed by atoms with E-state index < -0.39 is 47.0 Å². The number of halogens is 1. The number of ether oxygens (including phenoxy) is 2. The van der Waals surface area contributed by atoms with Gasteiger partial charge in [-0.25, -0.2) is 5.43 Å². The van der Waals surface area contributed by atoms with Crippen molar-refractivity contribution < 1.29 is 38.2 Å². The summed E-state index contributed by atoms with van der Waals surface area (Å²) >= 11 is 0. The minimum atomic E-state index is -1.73. The van der Waals surface area contributed by atoms with Crippen molar-refractivity contribution in [3.8, 4) is 0 Å². The van der Waals surface area contributed by atoms with Crippen LogP contribution < -0.4 is 27.3 Å². The molecule has 0 aromatic heterocycles. The van der Waals surface area contributed by atoms with E-state index in [0.717, 1.165) is 0 Å². The maximum atomic E-state index is 11.7. The molecule has 0 bridgehead atoms. The fourth-order valence-electron chi connectivity index (χ4n) is 2.50. The minimum absolute atomic E-state index is 0. The number of nitrogens with one attached hydrogen (secondary N) is 4. The van der Waals surface area contributed by atoms with Gasteiger partial charge >= 0.3 is 11.9 Å². The van der Waals surface area contributed by atoms with Crippen LogP contribution in [-0.4, -0.2) is 66.1 Å². The number of imide groups is 2. The summed E-state index contributed by atoms with van der Waals surface area (Å²) in [5, 5.41) is 5.41. The number of esters is 2. The molecule has 4 amide bonds. The van der Waals surface area contributed by atoms with Crippen LogP contribution in [0.3, 0.4) is 0 Å². The molecule has 0 saturated carbocycles. The summed E-state index contributed by atoms with van der Waals surface area (Å²) in [4.78, 5) is 67.2. The smallest absolute Gasteiger partial charge is 0.307 e. The molecule has 15 heteroatoms. The topological polar surface area (TPSA) is 198 Å². The average Bonchev–Trinajstić information content (AvgIpc) is 3.15. The van der Waals surface area contributed by atoms with E-state index in [1.807, 2.05) is 10.7 Å². The molecule has 2 atom stereocenters. The number of carbonyl (C=O) groups is 6. The second kappa shape index (κ2) is 11.7. The highest BCUT2D eigenvalue weighted by molar-refractivity contribution is 6.08. The molecule has 31 heavy (non-hydrogen) atoms. The lowest BCUT2D eigenvalue weighted by Gasteiger charge is -2.33. The molecule has 6 N–H and O–H groups in total. The van der Waals surface area contributed by atoms with Gasteiger partial charge in [-0.05, 0) is 7.05 Å². The van der Waals surface area contributed by atoms with Crippen molar-refractivity contribution in [1.29, 1.82) is 0 Å². The molecule has 2 rings (SSSR count). The molecule has 14 nitrogen and oxygen atoms in total. The lowest BCUT2D eigenvalue weighted by Crippen LogP contribution is -2.59. The van der Waals surface area contributed by atoms with Gasteiger partial charge in [-0.15, -0.1) is 12.4 Å². The highest BCUT2D eigenvalue weighted by Gasteiger charge is 2.53. The fraction of sp³-hybridized carbons (Fsp3) is 0.625. The van der Waals surface area contributed by atoms with Gasteiger partial charge in [-0.1, -0.05) is 13.8 Å². The van der Waals surface area contributed by atoms with Crippen LogP contribution >= 0.6 is 12.4 Å². The molecule has 2 heterocycles.